The van der Waals surface area contributed by atoms with Crippen LogP contribution in [0.5, 0.6) is 0 Å². The third kappa shape index (κ3) is 5.28. The minimum atomic E-state index is -0.228. The van der Waals surface area contributed by atoms with Crippen molar-refractivity contribution in [2.24, 2.45) is 16.6 Å². The molecule has 0 aliphatic carbocycles. The van der Waals surface area contributed by atoms with Crippen molar-refractivity contribution >= 4 is 17.7 Å². The molecule has 1 atom stereocenters. The highest BCUT2D eigenvalue weighted by Crippen LogP contribution is 2.24. The number of benzene rings is 1. The van der Waals surface area contributed by atoms with Crippen molar-refractivity contribution in [3.63, 3.8) is 0 Å². The van der Waals surface area contributed by atoms with Gasteiger partial charge in [0.05, 0.1) is 5.92 Å². The van der Waals surface area contributed by atoms with Crippen LogP contribution in [-0.2, 0) is 17.9 Å². The van der Waals surface area contributed by atoms with Crippen LogP contribution in [0.25, 0.3) is 0 Å². The number of hydrogen-bond acceptors (Lipinski definition) is 4. The van der Waals surface area contributed by atoms with Crippen LogP contribution >= 0.6 is 0 Å². The normalized spacial score (nSPS) is 17.0. The molecule has 3 rings (SSSR count). The Bertz CT molecular complexity index is 897. The zero-order valence-corrected chi connectivity index (χ0v) is 18.1. The molecule has 160 valence electrons. The average Bonchev–Trinajstić information content (AvgIpc) is 2.76. The fraction of sp³-hybridized carbons (Fsp3) is 0.435. The van der Waals surface area contributed by atoms with E-state index in [1.807, 2.05) is 13.1 Å². The zero-order chi connectivity index (χ0) is 21.5. The van der Waals surface area contributed by atoms with Gasteiger partial charge < -0.3 is 20.9 Å². The Hall–Kier alpha value is -3.09. The van der Waals surface area contributed by atoms with E-state index in [9.17, 15) is 4.79 Å². The number of carbonyl (C=O) groups excluding carboxylic acids is 1. The van der Waals surface area contributed by atoms with E-state index >= 15 is 0 Å². The maximum Gasteiger partial charge on any atom is 0.222 e. The number of piperidine rings is 1. The predicted molar refractivity (Wildman–Crippen MR) is 121 cm³/mol. The van der Waals surface area contributed by atoms with Crippen molar-refractivity contribution in [2.75, 3.05) is 32.1 Å². The molecule has 30 heavy (non-hydrogen) atoms. The van der Waals surface area contributed by atoms with Gasteiger partial charge in [-0.3, -0.25) is 9.79 Å². The smallest absolute Gasteiger partial charge is 0.222 e. The fourth-order valence-electron chi connectivity index (χ4n) is 3.93. The average molecular weight is 409 g/mol. The molecule has 7 heteroatoms. The summed E-state index contributed by atoms with van der Waals surface area (Å²) in [6.07, 6.45) is 3.59. The number of carbonyl (C=O) groups is 1. The fourth-order valence-corrected chi connectivity index (χ4v) is 3.93. The number of nitrogens with two attached hydrogens (primary N) is 1. The van der Waals surface area contributed by atoms with Crippen molar-refractivity contribution in [1.82, 2.24) is 15.2 Å². The van der Waals surface area contributed by atoms with Gasteiger partial charge in [0.25, 0.3) is 0 Å². The van der Waals surface area contributed by atoms with Gasteiger partial charge in [-0.15, -0.1) is 0 Å². The minimum absolute atomic E-state index is 0.116. The SMILES string of the molecule is CN=C(NCc1cccnc1N1CCCC(C(N)=O)C1)N(C)Cc1ccccc1C. The first kappa shape index (κ1) is 21.6. The lowest BCUT2D eigenvalue weighted by Crippen LogP contribution is -2.42. The van der Waals surface area contributed by atoms with Gasteiger partial charge in [0.2, 0.25) is 5.91 Å². The topological polar surface area (TPSA) is 86.9 Å². The molecule has 1 aromatic heterocycles. The summed E-state index contributed by atoms with van der Waals surface area (Å²) in [5, 5.41) is 3.46. The first-order valence-corrected chi connectivity index (χ1v) is 10.4. The second-order valence-corrected chi connectivity index (χ2v) is 7.86. The van der Waals surface area contributed by atoms with E-state index in [4.69, 9.17) is 5.73 Å². The number of aliphatic imine (C=N–C) groups is 1. The molecule has 3 N–H and O–H groups in total. The van der Waals surface area contributed by atoms with Crippen LogP contribution in [0.15, 0.2) is 47.6 Å². The summed E-state index contributed by atoms with van der Waals surface area (Å²) in [5.41, 5.74) is 9.17. The highest BCUT2D eigenvalue weighted by molar-refractivity contribution is 5.80. The molecule has 2 heterocycles. The molecular formula is C23H32N6O. The van der Waals surface area contributed by atoms with Crippen LogP contribution in [0, 0.1) is 12.8 Å². The molecule has 7 nitrogen and oxygen atoms in total. The Morgan fingerprint density at radius 3 is 2.80 bits per heavy atom. The van der Waals surface area contributed by atoms with E-state index in [0.717, 1.165) is 43.3 Å². The Balaban J connectivity index is 1.67. The van der Waals surface area contributed by atoms with E-state index in [1.54, 1.807) is 13.2 Å². The lowest BCUT2D eigenvalue weighted by molar-refractivity contribution is -0.122. The Morgan fingerprint density at radius 1 is 1.30 bits per heavy atom. The number of nitrogens with zero attached hydrogens (tertiary/aromatic N) is 4. The number of primary amides is 1. The van der Waals surface area contributed by atoms with E-state index in [0.29, 0.717) is 13.1 Å². The van der Waals surface area contributed by atoms with E-state index in [2.05, 4.69) is 62.3 Å². The number of anilines is 1. The van der Waals surface area contributed by atoms with Gasteiger partial charge in [-0.25, -0.2) is 4.98 Å². The molecule has 0 spiro atoms. The van der Waals surface area contributed by atoms with Crippen molar-refractivity contribution in [3.8, 4) is 0 Å². The molecule has 1 aromatic carbocycles. The van der Waals surface area contributed by atoms with E-state index in [-0.39, 0.29) is 11.8 Å². The monoisotopic (exact) mass is 408 g/mol. The van der Waals surface area contributed by atoms with Crippen LogP contribution in [0.1, 0.15) is 29.5 Å². The van der Waals surface area contributed by atoms with Crippen LogP contribution in [0.4, 0.5) is 5.82 Å². The maximum atomic E-state index is 11.7. The van der Waals surface area contributed by atoms with E-state index in [1.165, 1.54) is 11.1 Å². The van der Waals surface area contributed by atoms with Crippen molar-refractivity contribution in [3.05, 3.63) is 59.3 Å². The number of aromatic nitrogens is 1. The highest BCUT2D eigenvalue weighted by Gasteiger charge is 2.26. The van der Waals surface area contributed by atoms with Gasteiger partial charge in [-0.05, 0) is 37.0 Å². The van der Waals surface area contributed by atoms with E-state index < -0.39 is 0 Å². The predicted octanol–water partition coefficient (Wildman–Crippen LogP) is 2.30. The number of nitrogens with one attached hydrogen (secondary N) is 1. The van der Waals surface area contributed by atoms with Crippen LogP contribution in [0.3, 0.4) is 0 Å². The summed E-state index contributed by atoms with van der Waals surface area (Å²) >= 11 is 0. The first-order valence-electron chi connectivity index (χ1n) is 10.4. The molecule has 1 saturated heterocycles. The molecule has 1 aliphatic rings. The summed E-state index contributed by atoms with van der Waals surface area (Å²) < 4.78 is 0. The number of amides is 1. The van der Waals surface area contributed by atoms with Crippen LogP contribution in [-0.4, -0.2) is 48.9 Å². The van der Waals surface area contributed by atoms with Crippen molar-refractivity contribution < 1.29 is 4.79 Å². The number of guanidine groups is 1. The van der Waals surface area contributed by atoms with Crippen molar-refractivity contribution in [1.29, 1.82) is 0 Å². The largest absolute Gasteiger partial charge is 0.369 e. The Labute approximate surface area is 179 Å². The molecule has 0 radical (unpaired) electrons. The molecule has 1 amide bonds. The molecule has 1 aliphatic heterocycles. The number of pyridine rings is 1. The summed E-state index contributed by atoms with van der Waals surface area (Å²) in [5.74, 6) is 1.39. The highest BCUT2D eigenvalue weighted by atomic mass is 16.1. The second-order valence-electron chi connectivity index (χ2n) is 7.86. The third-order valence-corrected chi connectivity index (χ3v) is 5.67. The second kappa shape index (κ2) is 10.1. The van der Waals surface area contributed by atoms with Gasteiger partial charge in [0.15, 0.2) is 5.96 Å². The number of aryl methyl sites for hydroxylation is 1. The zero-order valence-electron chi connectivity index (χ0n) is 18.1. The summed E-state index contributed by atoms with van der Waals surface area (Å²) in [6.45, 7) is 5.01. The summed E-state index contributed by atoms with van der Waals surface area (Å²) in [7, 11) is 3.83. The number of rotatable bonds is 6. The van der Waals surface area contributed by atoms with Gasteiger partial charge in [0.1, 0.15) is 5.82 Å². The summed E-state index contributed by atoms with van der Waals surface area (Å²) in [4.78, 5) is 25.0. The maximum absolute atomic E-state index is 11.7. The van der Waals surface area contributed by atoms with Gasteiger partial charge in [-0.2, -0.15) is 0 Å². The Kier molecular flexibility index (Phi) is 7.27. The lowest BCUT2D eigenvalue weighted by atomic mass is 9.97. The molecule has 1 unspecified atom stereocenters. The number of hydrogen-bond donors (Lipinski definition) is 2. The molecular weight excluding hydrogens is 376 g/mol. The van der Waals surface area contributed by atoms with Crippen LogP contribution < -0.4 is 16.0 Å². The standard InChI is InChI=1S/C23H32N6O/c1-17-8-4-5-9-19(17)15-28(3)23(25-2)27-14-18-10-6-12-26-22(18)29-13-7-11-20(16-29)21(24)30/h4-6,8-10,12,20H,7,11,13-16H2,1-3H3,(H2,24,30)(H,25,27). The summed E-state index contributed by atoms with van der Waals surface area (Å²) in [6, 6.07) is 12.4. The molecule has 2 aromatic rings. The Morgan fingerprint density at radius 2 is 2.07 bits per heavy atom. The molecule has 0 bridgehead atoms. The third-order valence-electron chi connectivity index (χ3n) is 5.67. The minimum Gasteiger partial charge on any atom is -0.369 e. The molecule has 0 saturated carbocycles. The molecule has 1 fully saturated rings. The van der Waals surface area contributed by atoms with Gasteiger partial charge in [-0.1, -0.05) is 30.3 Å². The first-order chi connectivity index (χ1) is 14.5. The van der Waals surface area contributed by atoms with Gasteiger partial charge >= 0.3 is 0 Å². The van der Waals surface area contributed by atoms with Crippen molar-refractivity contribution in [2.45, 2.75) is 32.9 Å². The van der Waals surface area contributed by atoms with Crippen LogP contribution in [0.2, 0.25) is 0 Å². The quantitative estimate of drug-likeness (QED) is 0.566. The lowest BCUT2D eigenvalue weighted by Gasteiger charge is -2.33. The van der Waals surface area contributed by atoms with Gasteiger partial charge in [0, 0.05) is 52.0 Å².